The Morgan fingerprint density at radius 3 is 2.59 bits per heavy atom. The van der Waals surface area contributed by atoms with E-state index < -0.39 is 0 Å². The van der Waals surface area contributed by atoms with Crippen LogP contribution in [0.1, 0.15) is 25.8 Å². The number of amides is 1. The molecular formula is C13H18N2O2. The minimum atomic E-state index is -0.0650. The number of methoxy groups -OCH3 is 1. The number of hydrogen-bond donors (Lipinski definition) is 1. The number of nitrogens with zero attached hydrogens (tertiary/aromatic N) is 1. The molecule has 1 N–H and O–H groups in total. The summed E-state index contributed by atoms with van der Waals surface area (Å²) in [6.45, 7) is 3.99. The average Bonchev–Trinajstić information content (AvgIpc) is 2.29. The van der Waals surface area contributed by atoms with Crippen molar-refractivity contribution in [1.29, 1.82) is 0 Å². The normalized spacial score (nSPS) is 10.8. The first-order valence-corrected chi connectivity index (χ1v) is 5.57. The Balaban J connectivity index is 2.45. The zero-order valence-corrected chi connectivity index (χ0v) is 10.4. The number of rotatable bonds is 5. The average molecular weight is 234 g/mol. The Hall–Kier alpha value is -1.84. The van der Waals surface area contributed by atoms with Crippen LogP contribution in [0, 0.1) is 5.92 Å². The summed E-state index contributed by atoms with van der Waals surface area (Å²) in [6, 6.07) is 7.43. The van der Waals surface area contributed by atoms with E-state index >= 15 is 0 Å². The first kappa shape index (κ1) is 13.2. The molecule has 0 spiro atoms. The maximum absolute atomic E-state index is 11.3. The van der Waals surface area contributed by atoms with Gasteiger partial charge in [0.2, 0.25) is 5.91 Å². The SMILES string of the molecule is COc1ccc(/C=N/NC(=O)CC(C)C)cc1. The van der Waals surface area contributed by atoms with Crippen molar-refractivity contribution in [2.75, 3.05) is 7.11 Å². The number of carbonyl (C=O) groups excluding carboxylic acids is 1. The van der Waals surface area contributed by atoms with Crippen molar-refractivity contribution in [3.63, 3.8) is 0 Å². The van der Waals surface area contributed by atoms with Gasteiger partial charge in [0.05, 0.1) is 13.3 Å². The third-order valence-corrected chi connectivity index (χ3v) is 2.11. The zero-order valence-electron chi connectivity index (χ0n) is 10.4. The van der Waals surface area contributed by atoms with Crippen LogP contribution in [0.3, 0.4) is 0 Å². The minimum Gasteiger partial charge on any atom is -0.497 e. The molecule has 0 aliphatic heterocycles. The Kier molecular flexibility index (Phi) is 5.20. The summed E-state index contributed by atoms with van der Waals surface area (Å²) in [5, 5.41) is 3.88. The van der Waals surface area contributed by atoms with Crippen LogP contribution in [0.25, 0.3) is 0 Å². The maximum atomic E-state index is 11.3. The predicted molar refractivity (Wildman–Crippen MR) is 68.2 cm³/mol. The fraction of sp³-hybridized carbons (Fsp3) is 0.385. The van der Waals surface area contributed by atoms with Crippen LogP contribution in [0.2, 0.25) is 0 Å². The van der Waals surface area contributed by atoms with Crippen molar-refractivity contribution in [2.45, 2.75) is 20.3 Å². The van der Waals surface area contributed by atoms with Gasteiger partial charge in [0.1, 0.15) is 5.75 Å². The molecule has 4 heteroatoms. The van der Waals surface area contributed by atoms with Crippen LogP contribution in [0.15, 0.2) is 29.4 Å². The molecule has 17 heavy (non-hydrogen) atoms. The van der Waals surface area contributed by atoms with Crippen molar-refractivity contribution in [2.24, 2.45) is 11.0 Å². The van der Waals surface area contributed by atoms with Gasteiger partial charge in [-0.05, 0) is 35.7 Å². The fourth-order valence-electron chi connectivity index (χ4n) is 1.29. The monoisotopic (exact) mass is 234 g/mol. The van der Waals surface area contributed by atoms with Gasteiger partial charge in [-0.2, -0.15) is 5.10 Å². The summed E-state index contributed by atoms with van der Waals surface area (Å²) in [4.78, 5) is 11.3. The van der Waals surface area contributed by atoms with Gasteiger partial charge in [-0.3, -0.25) is 4.79 Å². The van der Waals surface area contributed by atoms with Gasteiger partial charge in [-0.25, -0.2) is 5.43 Å². The smallest absolute Gasteiger partial charge is 0.240 e. The first-order valence-electron chi connectivity index (χ1n) is 5.57. The molecule has 0 unspecified atom stereocenters. The number of hydrogen-bond acceptors (Lipinski definition) is 3. The zero-order chi connectivity index (χ0) is 12.7. The molecule has 0 aliphatic carbocycles. The van der Waals surface area contributed by atoms with Gasteiger partial charge < -0.3 is 4.74 Å². The third kappa shape index (κ3) is 5.15. The molecule has 1 rings (SSSR count). The van der Waals surface area contributed by atoms with Gasteiger partial charge in [0.15, 0.2) is 0 Å². The number of hydrazone groups is 1. The van der Waals surface area contributed by atoms with Crippen LogP contribution in [-0.4, -0.2) is 19.2 Å². The lowest BCUT2D eigenvalue weighted by atomic mass is 10.1. The van der Waals surface area contributed by atoms with E-state index in [2.05, 4.69) is 10.5 Å². The standard InChI is InChI=1S/C13H18N2O2/c1-10(2)8-13(16)15-14-9-11-4-6-12(17-3)7-5-11/h4-7,9-10H,8H2,1-3H3,(H,15,16)/b14-9+. The molecule has 0 saturated heterocycles. The molecule has 0 saturated carbocycles. The summed E-state index contributed by atoms with van der Waals surface area (Å²) in [6.07, 6.45) is 2.09. The predicted octanol–water partition coefficient (Wildman–Crippen LogP) is 2.19. The van der Waals surface area contributed by atoms with Crippen molar-refractivity contribution >= 4 is 12.1 Å². The van der Waals surface area contributed by atoms with Crippen LogP contribution < -0.4 is 10.2 Å². The molecule has 1 aromatic carbocycles. The summed E-state index contributed by atoms with van der Waals surface area (Å²) in [7, 11) is 1.62. The minimum absolute atomic E-state index is 0.0650. The van der Waals surface area contributed by atoms with Crippen molar-refractivity contribution in [3.05, 3.63) is 29.8 Å². The summed E-state index contributed by atoms with van der Waals surface area (Å²) in [5.74, 6) is 1.07. The molecule has 92 valence electrons. The number of carbonyl (C=O) groups is 1. The Bertz CT molecular complexity index is 383. The van der Waals surface area contributed by atoms with E-state index in [1.54, 1.807) is 13.3 Å². The summed E-state index contributed by atoms with van der Waals surface area (Å²) < 4.78 is 5.04. The second kappa shape index (κ2) is 6.68. The van der Waals surface area contributed by atoms with E-state index in [4.69, 9.17) is 4.74 Å². The van der Waals surface area contributed by atoms with Gasteiger partial charge in [0, 0.05) is 6.42 Å². The van der Waals surface area contributed by atoms with E-state index in [-0.39, 0.29) is 5.91 Å². The molecular weight excluding hydrogens is 216 g/mol. The highest BCUT2D eigenvalue weighted by Crippen LogP contribution is 2.09. The van der Waals surface area contributed by atoms with E-state index in [0.717, 1.165) is 11.3 Å². The van der Waals surface area contributed by atoms with Gasteiger partial charge >= 0.3 is 0 Å². The molecule has 4 nitrogen and oxygen atoms in total. The second-order valence-electron chi connectivity index (χ2n) is 4.16. The molecule has 0 bridgehead atoms. The van der Waals surface area contributed by atoms with E-state index in [1.165, 1.54) is 0 Å². The molecule has 0 aliphatic rings. The summed E-state index contributed by atoms with van der Waals surface area (Å²) >= 11 is 0. The van der Waals surface area contributed by atoms with E-state index in [0.29, 0.717) is 12.3 Å². The molecule has 0 fully saturated rings. The highest BCUT2D eigenvalue weighted by molar-refractivity contribution is 5.82. The van der Waals surface area contributed by atoms with E-state index in [9.17, 15) is 4.79 Å². The largest absolute Gasteiger partial charge is 0.497 e. The topological polar surface area (TPSA) is 50.7 Å². The molecule has 0 aromatic heterocycles. The Labute approximate surface area is 102 Å². The van der Waals surface area contributed by atoms with Gasteiger partial charge in [-0.1, -0.05) is 13.8 Å². The maximum Gasteiger partial charge on any atom is 0.240 e. The Morgan fingerprint density at radius 2 is 2.06 bits per heavy atom. The molecule has 0 radical (unpaired) electrons. The lowest BCUT2D eigenvalue weighted by Crippen LogP contribution is -2.19. The highest BCUT2D eigenvalue weighted by atomic mass is 16.5. The highest BCUT2D eigenvalue weighted by Gasteiger charge is 2.02. The van der Waals surface area contributed by atoms with Gasteiger partial charge in [0.25, 0.3) is 0 Å². The molecule has 1 amide bonds. The first-order chi connectivity index (χ1) is 8.11. The van der Waals surface area contributed by atoms with Crippen molar-refractivity contribution in [3.8, 4) is 5.75 Å². The lowest BCUT2D eigenvalue weighted by Gasteiger charge is -2.02. The van der Waals surface area contributed by atoms with Crippen LogP contribution in [0.5, 0.6) is 5.75 Å². The number of benzene rings is 1. The van der Waals surface area contributed by atoms with Crippen LogP contribution in [-0.2, 0) is 4.79 Å². The van der Waals surface area contributed by atoms with Gasteiger partial charge in [-0.15, -0.1) is 0 Å². The van der Waals surface area contributed by atoms with Crippen LogP contribution >= 0.6 is 0 Å². The second-order valence-corrected chi connectivity index (χ2v) is 4.16. The molecule has 0 heterocycles. The van der Waals surface area contributed by atoms with Crippen molar-refractivity contribution < 1.29 is 9.53 Å². The lowest BCUT2D eigenvalue weighted by molar-refractivity contribution is -0.121. The molecule has 1 aromatic rings. The third-order valence-electron chi connectivity index (χ3n) is 2.11. The number of ether oxygens (including phenoxy) is 1. The quantitative estimate of drug-likeness (QED) is 0.627. The number of nitrogens with one attached hydrogen (secondary N) is 1. The van der Waals surface area contributed by atoms with Crippen LogP contribution in [0.4, 0.5) is 0 Å². The van der Waals surface area contributed by atoms with Crippen molar-refractivity contribution in [1.82, 2.24) is 5.43 Å². The molecule has 0 atom stereocenters. The summed E-state index contributed by atoms with van der Waals surface area (Å²) in [5.41, 5.74) is 3.40. The Morgan fingerprint density at radius 1 is 1.41 bits per heavy atom. The van der Waals surface area contributed by atoms with E-state index in [1.807, 2.05) is 38.1 Å². The fourth-order valence-corrected chi connectivity index (χ4v) is 1.29.